The summed E-state index contributed by atoms with van der Waals surface area (Å²) in [6.07, 6.45) is 0. The monoisotopic (exact) mass is 250 g/mol. The van der Waals surface area contributed by atoms with E-state index in [2.05, 4.69) is 4.74 Å². The average Bonchev–Trinajstić information content (AvgIpc) is 2.03. The van der Waals surface area contributed by atoms with E-state index in [4.69, 9.17) is 5.11 Å². The number of carboxylic acid groups (broad SMARTS) is 1. The lowest BCUT2D eigenvalue weighted by atomic mass is 10.2. The molecule has 0 aliphatic heterocycles. The van der Waals surface area contributed by atoms with E-state index in [0.29, 0.717) is 0 Å². The van der Waals surface area contributed by atoms with Gasteiger partial charge in [0.25, 0.3) is 0 Å². The Morgan fingerprint density at radius 2 is 2.15 bits per heavy atom. The maximum atomic E-state index is 12.8. The SMILES string of the molecule is Br.COc1c(F)cccc1C(=O)O. The van der Waals surface area contributed by atoms with Crippen LogP contribution in [0.25, 0.3) is 0 Å². The van der Waals surface area contributed by atoms with Gasteiger partial charge in [-0.05, 0) is 12.1 Å². The first-order valence-corrected chi connectivity index (χ1v) is 3.22. The molecule has 0 spiro atoms. The van der Waals surface area contributed by atoms with Crippen molar-refractivity contribution in [3.8, 4) is 5.75 Å². The summed E-state index contributed by atoms with van der Waals surface area (Å²) in [5, 5.41) is 8.57. The molecule has 0 amide bonds. The van der Waals surface area contributed by atoms with E-state index in [-0.39, 0.29) is 28.3 Å². The fraction of sp³-hybridized carbons (Fsp3) is 0.125. The third-order valence-corrected chi connectivity index (χ3v) is 1.40. The molecule has 0 bridgehead atoms. The molecule has 0 saturated heterocycles. The molecule has 0 aliphatic carbocycles. The van der Waals surface area contributed by atoms with Gasteiger partial charge in [-0.3, -0.25) is 0 Å². The molecule has 3 nitrogen and oxygen atoms in total. The molecule has 0 unspecified atom stereocenters. The Labute approximate surface area is 84.9 Å². The van der Waals surface area contributed by atoms with Gasteiger partial charge in [0.1, 0.15) is 5.56 Å². The number of hydrogen-bond donors (Lipinski definition) is 1. The Morgan fingerprint density at radius 1 is 1.54 bits per heavy atom. The quantitative estimate of drug-likeness (QED) is 0.875. The van der Waals surface area contributed by atoms with Crippen LogP contribution < -0.4 is 4.74 Å². The molecular weight excluding hydrogens is 243 g/mol. The average molecular weight is 251 g/mol. The molecule has 0 aromatic heterocycles. The minimum Gasteiger partial charge on any atom is -0.493 e. The Morgan fingerprint density at radius 3 is 2.54 bits per heavy atom. The van der Waals surface area contributed by atoms with Crippen molar-refractivity contribution in [1.82, 2.24) is 0 Å². The van der Waals surface area contributed by atoms with Crippen molar-refractivity contribution in [2.24, 2.45) is 0 Å². The molecule has 0 radical (unpaired) electrons. The van der Waals surface area contributed by atoms with Crippen LogP contribution in [0.3, 0.4) is 0 Å². The predicted octanol–water partition coefficient (Wildman–Crippen LogP) is 2.11. The second-order valence-electron chi connectivity index (χ2n) is 2.13. The van der Waals surface area contributed by atoms with Gasteiger partial charge in [-0.15, -0.1) is 17.0 Å². The van der Waals surface area contributed by atoms with Crippen LogP contribution in [-0.2, 0) is 0 Å². The number of carbonyl (C=O) groups is 1. The van der Waals surface area contributed by atoms with Crippen LogP contribution in [0.2, 0.25) is 0 Å². The summed E-state index contributed by atoms with van der Waals surface area (Å²) in [5.41, 5.74) is -0.169. The van der Waals surface area contributed by atoms with E-state index in [0.717, 1.165) is 6.07 Å². The smallest absolute Gasteiger partial charge is 0.339 e. The molecule has 5 heteroatoms. The van der Waals surface area contributed by atoms with Crippen molar-refractivity contribution in [1.29, 1.82) is 0 Å². The van der Waals surface area contributed by atoms with E-state index >= 15 is 0 Å². The van der Waals surface area contributed by atoms with E-state index in [9.17, 15) is 9.18 Å². The topological polar surface area (TPSA) is 46.5 Å². The van der Waals surface area contributed by atoms with Gasteiger partial charge >= 0.3 is 5.97 Å². The fourth-order valence-electron chi connectivity index (χ4n) is 0.885. The van der Waals surface area contributed by atoms with E-state index in [1.54, 1.807) is 0 Å². The van der Waals surface area contributed by atoms with Gasteiger partial charge in [0.15, 0.2) is 11.6 Å². The summed E-state index contributed by atoms with van der Waals surface area (Å²) in [6, 6.07) is 3.75. The van der Waals surface area contributed by atoms with Crippen molar-refractivity contribution >= 4 is 23.0 Å². The van der Waals surface area contributed by atoms with Crippen molar-refractivity contribution in [3.05, 3.63) is 29.6 Å². The van der Waals surface area contributed by atoms with E-state index in [1.165, 1.54) is 19.2 Å². The maximum absolute atomic E-state index is 12.8. The molecule has 0 fully saturated rings. The molecule has 1 aromatic rings. The standard InChI is InChI=1S/C8H7FO3.BrH/c1-12-7-5(8(10)11)3-2-4-6(7)9;/h2-4H,1H3,(H,10,11);1H. The molecule has 1 rings (SSSR count). The van der Waals surface area contributed by atoms with Crippen LogP contribution in [0.15, 0.2) is 18.2 Å². The Bertz CT molecular complexity index is 314. The van der Waals surface area contributed by atoms with Gasteiger partial charge in [-0.25, -0.2) is 9.18 Å². The number of rotatable bonds is 2. The molecule has 72 valence electrons. The van der Waals surface area contributed by atoms with Crippen molar-refractivity contribution < 1.29 is 19.0 Å². The molecule has 0 heterocycles. The first kappa shape index (κ1) is 11.9. The lowest BCUT2D eigenvalue weighted by Crippen LogP contribution is -2.01. The van der Waals surface area contributed by atoms with E-state index in [1.807, 2.05) is 0 Å². The van der Waals surface area contributed by atoms with Gasteiger partial charge in [0.2, 0.25) is 0 Å². The second kappa shape index (κ2) is 4.81. The number of benzene rings is 1. The summed E-state index contributed by atoms with van der Waals surface area (Å²) in [5.74, 6) is -2.10. The Balaban J connectivity index is 0.00000144. The highest BCUT2D eigenvalue weighted by molar-refractivity contribution is 8.93. The number of ether oxygens (including phenoxy) is 1. The molecule has 1 aromatic carbocycles. The van der Waals surface area contributed by atoms with Gasteiger partial charge in [0.05, 0.1) is 7.11 Å². The Hall–Kier alpha value is -1.10. The minimum absolute atomic E-state index is 0. The Kier molecular flexibility index (Phi) is 4.40. The third-order valence-electron chi connectivity index (χ3n) is 1.40. The van der Waals surface area contributed by atoms with Gasteiger partial charge in [0, 0.05) is 0 Å². The van der Waals surface area contributed by atoms with E-state index < -0.39 is 11.8 Å². The highest BCUT2D eigenvalue weighted by Gasteiger charge is 2.13. The third kappa shape index (κ3) is 2.42. The largest absolute Gasteiger partial charge is 0.493 e. The number of aromatic carboxylic acids is 1. The van der Waals surface area contributed by atoms with Gasteiger partial charge in [-0.2, -0.15) is 0 Å². The highest BCUT2D eigenvalue weighted by Crippen LogP contribution is 2.21. The molecule has 1 N–H and O–H groups in total. The zero-order valence-electron chi connectivity index (χ0n) is 6.78. The lowest BCUT2D eigenvalue weighted by molar-refractivity contribution is 0.0692. The molecular formula is C8H8BrFO3. The summed E-state index contributed by atoms with van der Waals surface area (Å²) >= 11 is 0. The summed E-state index contributed by atoms with van der Waals surface area (Å²) in [6.45, 7) is 0. The highest BCUT2D eigenvalue weighted by atomic mass is 79.9. The minimum atomic E-state index is -1.20. The van der Waals surface area contributed by atoms with Gasteiger partial charge in [-0.1, -0.05) is 6.07 Å². The normalized spacial score (nSPS) is 8.77. The molecule has 13 heavy (non-hydrogen) atoms. The lowest BCUT2D eigenvalue weighted by Gasteiger charge is -2.04. The second-order valence-corrected chi connectivity index (χ2v) is 2.13. The van der Waals surface area contributed by atoms with Gasteiger partial charge < -0.3 is 9.84 Å². The number of hydrogen-bond acceptors (Lipinski definition) is 2. The zero-order valence-corrected chi connectivity index (χ0v) is 8.50. The number of para-hydroxylation sites is 1. The maximum Gasteiger partial charge on any atom is 0.339 e. The first-order chi connectivity index (χ1) is 5.66. The molecule has 0 atom stereocenters. The molecule has 0 aliphatic rings. The number of carboxylic acids is 1. The zero-order chi connectivity index (χ0) is 9.14. The van der Waals surface area contributed by atoms with Crippen LogP contribution >= 0.6 is 17.0 Å². The van der Waals surface area contributed by atoms with Crippen molar-refractivity contribution in [3.63, 3.8) is 0 Å². The first-order valence-electron chi connectivity index (χ1n) is 3.22. The van der Waals surface area contributed by atoms with Crippen LogP contribution in [0.4, 0.5) is 4.39 Å². The van der Waals surface area contributed by atoms with Crippen LogP contribution in [0, 0.1) is 5.82 Å². The van der Waals surface area contributed by atoms with Crippen LogP contribution in [-0.4, -0.2) is 18.2 Å². The van der Waals surface area contributed by atoms with Crippen molar-refractivity contribution in [2.45, 2.75) is 0 Å². The summed E-state index contributed by atoms with van der Waals surface area (Å²) in [4.78, 5) is 10.5. The fourth-order valence-corrected chi connectivity index (χ4v) is 0.885. The summed E-state index contributed by atoms with van der Waals surface area (Å²) < 4.78 is 17.4. The predicted molar refractivity (Wildman–Crippen MR) is 50.2 cm³/mol. The number of methoxy groups -OCH3 is 1. The van der Waals surface area contributed by atoms with Crippen molar-refractivity contribution in [2.75, 3.05) is 7.11 Å². The van der Waals surface area contributed by atoms with Crippen LogP contribution in [0.5, 0.6) is 5.75 Å². The number of halogens is 2. The van der Waals surface area contributed by atoms with Crippen LogP contribution in [0.1, 0.15) is 10.4 Å². The summed E-state index contributed by atoms with van der Waals surface area (Å²) in [7, 11) is 1.23. The molecule has 0 saturated carbocycles.